The maximum atomic E-state index is 12.7. The zero-order valence-electron chi connectivity index (χ0n) is 18.8. The van der Waals surface area contributed by atoms with Crippen LogP contribution in [0.15, 0.2) is 48.5 Å². The number of nitrogens with zero attached hydrogens (tertiary/aromatic N) is 3. The summed E-state index contributed by atoms with van der Waals surface area (Å²) in [6.07, 6.45) is 0. The highest BCUT2D eigenvalue weighted by Gasteiger charge is 2.17. The van der Waals surface area contributed by atoms with E-state index in [1.807, 2.05) is 51.8 Å². The lowest BCUT2D eigenvalue weighted by molar-refractivity contribution is -0.885. The molecule has 3 aromatic rings. The average molecular weight is 407 g/mol. The highest BCUT2D eigenvalue weighted by Crippen LogP contribution is 2.22. The lowest BCUT2D eigenvalue weighted by Crippen LogP contribution is -3.08. The number of nitrogens with one attached hydrogen (secondary N) is 2. The van der Waals surface area contributed by atoms with E-state index in [1.165, 1.54) is 16.8 Å². The number of carbonyl (C=O) groups is 1. The van der Waals surface area contributed by atoms with Gasteiger partial charge in [-0.15, -0.1) is 0 Å². The molecule has 6 heteroatoms. The lowest BCUT2D eigenvalue weighted by Gasteiger charge is -2.16. The van der Waals surface area contributed by atoms with Crippen LogP contribution in [0.4, 0.5) is 11.4 Å². The zero-order chi connectivity index (χ0) is 21.8. The van der Waals surface area contributed by atoms with Gasteiger partial charge in [0.25, 0.3) is 5.91 Å². The number of quaternary nitrogens is 1. The van der Waals surface area contributed by atoms with E-state index in [0.717, 1.165) is 34.2 Å². The van der Waals surface area contributed by atoms with Crippen molar-refractivity contribution in [3.05, 3.63) is 71.0 Å². The Balaban J connectivity index is 1.63. The number of benzene rings is 2. The lowest BCUT2D eigenvalue weighted by atomic mass is 10.2. The first kappa shape index (κ1) is 21.6. The molecule has 0 bridgehead atoms. The van der Waals surface area contributed by atoms with Crippen molar-refractivity contribution in [2.24, 2.45) is 0 Å². The Morgan fingerprint density at radius 2 is 1.67 bits per heavy atom. The third-order valence-corrected chi connectivity index (χ3v) is 5.26. The molecule has 1 atom stereocenters. The number of aryl methyl sites for hydroxylation is 2. The molecule has 1 heterocycles. The van der Waals surface area contributed by atoms with Crippen LogP contribution in [0.5, 0.6) is 0 Å². The maximum Gasteiger partial charge on any atom is 0.279 e. The predicted molar refractivity (Wildman–Crippen MR) is 123 cm³/mol. The Bertz CT molecular complexity index is 1000. The van der Waals surface area contributed by atoms with Gasteiger partial charge in [-0.1, -0.05) is 29.8 Å². The summed E-state index contributed by atoms with van der Waals surface area (Å²) in [4.78, 5) is 15.9. The monoisotopic (exact) mass is 406 g/mol. The second kappa shape index (κ2) is 9.13. The molecule has 0 spiro atoms. The van der Waals surface area contributed by atoms with Crippen LogP contribution in [-0.2, 0) is 11.3 Å². The third-order valence-electron chi connectivity index (χ3n) is 5.26. The summed E-state index contributed by atoms with van der Waals surface area (Å²) in [5.74, 6) is -0.00734. The maximum absolute atomic E-state index is 12.7. The topological polar surface area (TPSA) is 54.6 Å². The summed E-state index contributed by atoms with van der Waals surface area (Å²) in [6.45, 7) is 7.16. The highest BCUT2D eigenvalue weighted by atomic mass is 16.2. The third kappa shape index (κ3) is 5.07. The van der Waals surface area contributed by atoms with Crippen molar-refractivity contribution in [2.75, 3.05) is 37.9 Å². The van der Waals surface area contributed by atoms with Gasteiger partial charge in [0.15, 0.2) is 6.54 Å². The van der Waals surface area contributed by atoms with Crippen molar-refractivity contribution < 1.29 is 9.69 Å². The van der Waals surface area contributed by atoms with Gasteiger partial charge in [0.1, 0.15) is 6.54 Å². The highest BCUT2D eigenvalue weighted by molar-refractivity contribution is 5.92. The van der Waals surface area contributed by atoms with E-state index in [2.05, 4.69) is 58.6 Å². The Kier molecular flexibility index (Phi) is 6.57. The SMILES string of the molecule is Cc1ccc(-n2nc(C)c(NC(=O)C[NH+](C)Cc3ccc(N(C)C)cc3)c2C)cc1. The van der Waals surface area contributed by atoms with Gasteiger partial charge in [-0.3, -0.25) is 4.79 Å². The molecule has 2 aromatic carbocycles. The van der Waals surface area contributed by atoms with Crippen LogP contribution in [0.3, 0.4) is 0 Å². The summed E-state index contributed by atoms with van der Waals surface area (Å²) in [5.41, 5.74) is 7.13. The minimum absolute atomic E-state index is 0.00734. The number of hydrogen-bond acceptors (Lipinski definition) is 3. The first-order chi connectivity index (χ1) is 14.2. The van der Waals surface area contributed by atoms with Gasteiger partial charge in [0.2, 0.25) is 0 Å². The van der Waals surface area contributed by atoms with E-state index < -0.39 is 0 Å². The number of carbonyl (C=O) groups excluding carboxylic acids is 1. The number of hydrogen-bond donors (Lipinski definition) is 2. The van der Waals surface area contributed by atoms with E-state index in [-0.39, 0.29) is 5.91 Å². The molecule has 0 radical (unpaired) electrons. The van der Waals surface area contributed by atoms with Gasteiger partial charge < -0.3 is 15.1 Å². The molecule has 2 N–H and O–H groups in total. The van der Waals surface area contributed by atoms with Crippen molar-refractivity contribution in [1.29, 1.82) is 0 Å². The fraction of sp³-hybridized carbons (Fsp3) is 0.333. The molecule has 30 heavy (non-hydrogen) atoms. The van der Waals surface area contributed by atoms with Crippen molar-refractivity contribution in [2.45, 2.75) is 27.3 Å². The van der Waals surface area contributed by atoms with E-state index >= 15 is 0 Å². The van der Waals surface area contributed by atoms with E-state index in [9.17, 15) is 4.79 Å². The Morgan fingerprint density at radius 3 is 2.27 bits per heavy atom. The fourth-order valence-corrected chi connectivity index (χ4v) is 3.54. The normalized spacial score (nSPS) is 11.9. The second-order valence-corrected chi connectivity index (χ2v) is 8.21. The second-order valence-electron chi connectivity index (χ2n) is 8.21. The van der Waals surface area contributed by atoms with E-state index in [4.69, 9.17) is 0 Å². The van der Waals surface area contributed by atoms with Gasteiger partial charge in [0.05, 0.1) is 29.8 Å². The summed E-state index contributed by atoms with van der Waals surface area (Å²) in [5, 5.41) is 7.69. The number of likely N-dealkylation sites (N-methyl/N-ethyl adjacent to an activating group) is 1. The van der Waals surface area contributed by atoms with Crippen LogP contribution < -0.4 is 15.1 Å². The number of aromatic nitrogens is 2. The minimum Gasteiger partial charge on any atom is -0.378 e. The molecular weight excluding hydrogens is 374 g/mol. The molecule has 1 aromatic heterocycles. The van der Waals surface area contributed by atoms with Gasteiger partial charge >= 0.3 is 0 Å². The van der Waals surface area contributed by atoms with Crippen molar-refractivity contribution in [3.63, 3.8) is 0 Å². The Hall–Kier alpha value is -3.12. The number of amides is 1. The largest absolute Gasteiger partial charge is 0.378 e. The van der Waals surface area contributed by atoms with Gasteiger partial charge in [-0.2, -0.15) is 5.10 Å². The average Bonchev–Trinajstić information content (AvgIpc) is 2.97. The van der Waals surface area contributed by atoms with E-state index in [1.54, 1.807) is 0 Å². The Labute approximate surface area is 179 Å². The Morgan fingerprint density at radius 1 is 1.03 bits per heavy atom. The molecule has 158 valence electrons. The zero-order valence-corrected chi connectivity index (χ0v) is 18.8. The number of rotatable bonds is 7. The van der Waals surface area contributed by atoms with Crippen LogP contribution in [0.2, 0.25) is 0 Å². The molecule has 0 fully saturated rings. The minimum atomic E-state index is -0.00734. The summed E-state index contributed by atoms with van der Waals surface area (Å²) >= 11 is 0. The van der Waals surface area contributed by atoms with Gasteiger partial charge in [0, 0.05) is 25.3 Å². The van der Waals surface area contributed by atoms with Crippen LogP contribution >= 0.6 is 0 Å². The van der Waals surface area contributed by atoms with Crippen LogP contribution in [0, 0.1) is 20.8 Å². The fourth-order valence-electron chi connectivity index (χ4n) is 3.54. The van der Waals surface area contributed by atoms with Crippen molar-refractivity contribution in [1.82, 2.24) is 9.78 Å². The first-order valence-corrected chi connectivity index (χ1v) is 10.2. The molecule has 1 amide bonds. The molecule has 0 saturated heterocycles. The first-order valence-electron chi connectivity index (χ1n) is 10.2. The summed E-state index contributed by atoms with van der Waals surface area (Å²) < 4.78 is 1.88. The van der Waals surface area contributed by atoms with E-state index in [0.29, 0.717) is 6.54 Å². The smallest absolute Gasteiger partial charge is 0.279 e. The molecule has 0 aliphatic rings. The van der Waals surface area contributed by atoms with Crippen LogP contribution in [0.25, 0.3) is 5.69 Å². The van der Waals surface area contributed by atoms with Crippen molar-refractivity contribution >= 4 is 17.3 Å². The van der Waals surface area contributed by atoms with Gasteiger partial charge in [-0.05, 0) is 45.0 Å². The van der Waals surface area contributed by atoms with Crippen molar-refractivity contribution in [3.8, 4) is 5.69 Å². The van der Waals surface area contributed by atoms with Crippen LogP contribution in [-0.4, -0.2) is 43.4 Å². The van der Waals surface area contributed by atoms with Gasteiger partial charge in [-0.25, -0.2) is 4.68 Å². The molecular formula is C24H32N5O+. The molecule has 1 unspecified atom stereocenters. The van der Waals surface area contributed by atoms with Crippen LogP contribution in [0.1, 0.15) is 22.5 Å². The molecule has 3 rings (SSSR count). The molecule has 0 aliphatic carbocycles. The number of anilines is 2. The quantitative estimate of drug-likeness (QED) is 0.634. The predicted octanol–water partition coefficient (Wildman–Crippen LogP) is 2.52. The molecule has 0 saturated carbocycles. The molecule has 6 nitrogen and oxygen atoms in total. The standard InChI is InChI=1S/C24H31N5O/c1-17-7-11-22(12-8-17)29-19(3)24(18(2)26-29)25-23(30)16-28(6)15-20-9-13-21(14-10-20)27(4)5/h7-14H,15-16H2,1-6H3,(H,25,30)/p+1. The molecule has 0 aliphatic heterocycles. The summed E-state index contributed by atoms with van der Waals surface area (Å²) in [7, 11) is 6.10. The summed E-state index contributed by atoms with van der Waals surface area (Å²) in [6, 6.07) is 16.7.